The summed E-state index contributed by atoms with van der Waals surface area (Å²) >= 11 is 0. The van der Waals surface area contributed by atoms with Gasteiger partial charge >= 0.3 is 6.18 Å². The molecule has 2 N–H and O–H groups in total. The number of alkyl halides is 3. The van der Waals surface area contributed by atoms with Crippen molar-refractivity contribution in [1.29, 1.82) is 0 Å². The summed E-state index contributed by atoms with van der Waals surface area (Å²) in [5.41, 5.74) is -0.935. The first-order valence-corrected chi connectivity index (χ1v) is 6.87. The fraction of sp³-hybridized carbons (Fsp3) is 0.571. The molecule has 0 aromatic carbocycles. The summed E-state index contributed by atoms with van der Waals surface area (Å²) in [6.45, 7) is -0.00376. The van der Waals surface area contributed by atoms with Crippen LogP contribution >= 0.6 is 0 Å². The number of halogens is 3. The number of aliphatic hydroxyl groups excluding tert-OH is 1. The van der Waals surface area contributed by atoms with Gasteiger partial charge in [-0.1, -0.05) is 12.8 Å². The highest BCUT2D eigenvalue weighted by molar-refractivity contribution is 5.94. The van der Waals surface area contributed by atoms with Crippen molar-refractivity contribution in [1.82, 2.24) is 10.3 Å². The number of pyridine rings is 1. The lowest BCUT2D eigenvalue weighted by Crippen LogP contribution is -2.43. The van der Waals surface area contributed by atoms with Crippen LogP contribution in [0.25, 0.3) is 0 Å². The molecule has 1 saturated carbocycles. The Balaban J connectivity index is 2.03. The molecule has 0 aliphatic heterocycles. The number of aliphatic hydroxyl groups is 1. The van der Waals surface area contributed by atoms with Crippen LogP contribution < -0.4 is 5.32 Å². The molecular formula is C14H17F3N2O2. The van der Waals surface area contributed by atoms with Crippen LogP contribution in [0.5, 0.6) is 0 Å². The van der Waals surface area contributed by atoms with Crippen molar-refractivity contribution >= 4 is 5.91 Å². The Hall–Kier alpha value is -1.63. The van der Waals surface area contributed by atoms with Gasteiger partial charge in [-0.3, -0.25) is 9.78 Å². The first kappa shape index (κ1) is 15.8. The third kappa shape index (κ3) is 3.93. The summed E-state index contributed by atoms with van der Waals surface area (Å²) in [4.78, 5) is 15.3. The van der Waals surface area contributed by atoms with E-state index in [1.165, 1.54) is 0 Å². The van der Waals surface area contributed by atoms with E-state index >= 15 is 0 Å². The Labute approximate surface area is 120 Å². The van der Waals surface area contributed by atoms with E-state index < -0.39 is 17.8 Å². The number of amides is 1. The molecule has 1 aliphatic carbocycles. The van der Waals surface area contributed by atoms with Crippen molar-refractivity contribution in [2.75, 3.05) is 6.61 Å². The average Bonchev–Trinajstić information content (AvgIpc) is 2.47. The van der Waals surface area contributed by atoms with Gasteiger partial charge in [0.2, 0.25) is 0 Å². The first-order valence-electron chi connectivity index (χ1n) is 6.87. The van der Waals surface area contributed by atoms with Crippen LogP contribution in [-0.2, 0) is 6.18 Å². The van der Waals surface area contributed by atoms with Crippen LogP contribution in [0.15, 0.2) is 18.3 Å². The Morgan fingerprint density at radius 1 is 1.33 bits per heavy atom. The average molecular weight is 302 g/mol. The second-order valence-corrected chi connectivity index (χ2v) is 5.24. The summed E-state index contributed by atoms with van der Waals surface area (Å²) in [5.74, 6) is -0.452. The molecule has 1 aromatic heterocycles. The molecule has 0 bridgehead atoms. The number of carbonyl (C=O) groups is 1. The normalized spacial score (nSPS) is 22.9. The van der Waals surface area contributed by atoms with Gasteiger partial charge in [0.25, 0.3) is 5.91 Å². The van der Waals surface area contributed by atoms with E-state index in [-0.39, 0.29) is 24.1 Å². The van der Waals surface area contributed by atoms with Crippen molar-refractivity contribution < 1.29 is 23.1 Å². The van der Waals surface area contributed by atoms with Crippen molar-refractivity contribution in [3.8, 4) is 0 Å². The molecule has 2 atom stereocenters. The Kier molecular flexibility index (Phi) is 4.82. The highest BCUT2D eigenvalue weighted by Gasteiger charge is 2.32. The molecule has 0 radical (unpaired) electrons. The molecule has 1 aromatic rings. The van der Waals surface area contributed by atoms with Gasteiger partial charge in [0.15, 0.2) is 0 Å². The molecule has 1 aliphatic rings. The molecule has 4 nitrogen and oxygen atoms in total. The largest absolute Gasteiger partial charge is 0.433 e. The molecule has 7 heteroatoms. The number of aromatic nitrogens is 1. The number of nitrogens with zero attached hydrogens (tertiary/aromatic N) is 1. The zero-order chi connectivity index (χ0) is 15.5. The summed E-state index contributed by atoms with van der Waals surface area (Å²) in [6.07, 6.45) is -0.000819. The monoisotopic (exact) mass is 302 g/mol. The zero-order valence-electron chi connectivity index (χ0n) is 11.4. The Morgan fingerprint density at radius 2 is 2.05 bits per heavy atom. The lowest BCUT2D eigenvalue weighted by molar-refractivity contribution is -0.141. The lowest BCUT2D eigenvalue weighted by Gasteiger charge is -2.30. The van der Waals surface area contributed by atoms with E-state index in [1.54, 1.807) is 0 Å². The quantitative estimate of drug-likeness (QED) is 0.901. The minimum atomic E-state index is -4.51. The van der Waals surface area contributed by atoms with Crippen LogP contribution in [0, 0.1) is 5.92 Å². The fourth-order valence-corrected chi connectivity index (χ4v) is 2.56. The molecule has 2 unspecified atom stereocenters. The SMILES string of the molecule is O=C(NC1CCCCC1CO)c1ccc(C(F)(F)F)nc1. The van der Waals surface area contributed by atoms with E-state index in [4.69, 9.17) is 0 Å². The summed E-state index contributed by atoms with van der Waals surface area (Å²) in [5, 5.41) is 12.1. The van der Waals surface area contributed by atoms with Crippen LogP contribution in [0.3, 0.4) is 0 Å². The van der Waals surface area contributed by atoms with Gasteiger partial charge in [-0.15, -0.1) is 0 Å². The van der Waals surface area contributed by atoms with Gasteiger partial charge in [0.05, 0.1) is 5.56 Å². The van der Waals surface area contributed by atoms with E-state index in [0.29, 0.717) is 0 Å². The number of nitrogens with one attached hydrogen (secondary N) is 1. The number of hydrogen-bond donors (Lipinski definition) is 2. The topological polar surface area (TPSA) is 62.2 Å². The maximum atomic E-state index is 12.4. The van der Waals surface area contributed by atoms with Gasteiger partial charge in [0, 0.05) is 24.8 Å². The summed E-state index contributed by atoms with van der Waals surface area (Å²) in [6, 6.07) is 1.76. The maximum Gasteiger partial charge on any atom is 0.433 e. The molecule has 1 amide bonds. The maximum absolute atomic E-state index is 12.4. The second-order valence-electron chi connectivity index (χ2n) is 5.24. The van der Waals surface area contributed by atoms with Gasteiger partial charge in [-0.25, -0.2) is 0 Å². The summed E-state index contributed by atoms with van der Waals surface area (Å²) < 4.78 is 37.2. The van der Waals surface area contributed by atoms with Gasteiger partial charge in [-0.05, 0) is 25.0 Å². The number of hydrogen-bond acceptors (Lipinski definition) is 3. The number of carbonyl (C=O) groups excluding carboxylic acids is 1. The fourth-order valence-electron chi connectivity index (χ4n) is 2.56. The molecule has 1 fully saturated rings. The van der Waals surface area contributed by atoms with Crippen molar-refractivity contribution in [2.24, 2.45) is 5.92 Å². The third-order valence-corrected chi connectivity index (χ3v) is 3.78. The van der Waals surface area contributed by atoms with Gasteiger partial charge < -0.3 is 10.4 Å². The highest BCUT2D eigenvalue weighted by atomic mass is 19.4. The smallest absolute Gasteiger partial charge is 0.396 e. The van der Waals surface area contributed by atoms with Crippen molar-refractivity contribution in [3.63, 3.8) is 0 Å². The summed E-state index contributed by atoms with van der Waals surface area (Å²) in [7, 11) is 0. The van der Waals surface area contributed by atoms with E-state index in [2.05, 4.69) is 10.3 Å². The van der Waals surface area contributed by atoms with E-state index in [1.807, 2.05) is 0 Å². The highest BCUT2D eigenvalue weighted by Crippen LogP contribution is 2.27. The van der Waals surface area contributed by atoms with Crippen LogP contribution in [0.4, 0.5) is 13.2 Å². The predicted molar refractivity (Wildman–Crippen MR) is 69.5 cm³/mol. The molecule has 0 saturated heterocycles. The Bertz CT molecular complexity index is 488. The molecule has 1 heterocycles. The predicted octanol–water partition coefficient (Wildman–Crippen LogP) is 2.38. The van der Waals surface area contributed by atoms with Gasteiger partial charge in [-0.2, -0.15) is 13.2 Å². The van der Waals surface area contributed by atoms with Crippen LogP contribution in [0.2, 0.25) is 0 Å². The molecule has 21 heavy (non-hydrogen) atoms. The molecular weight excluding hydrogens is 285 g/mol. The molecule has 2 rings (SSSR count). The standard InChI is InChI=1S/C14H17F3N2O2/c15-14(16,17)12-6-5-9(7-18-12)13(21)19-11-4-2-1-3-10(11)8-20/h5-7,10-11,20H,1-4,8H2,(H,19,21). The van der Waals surface area contributed by atoms with Crippen LogP contribution in [0.1, 0.15) is 41.7 Å². The van der Waals surface area contributed by atoms with Crippen LogP contribution in [-0.4, -0.2) is 28.6 Å². The van der Waals surface area contributed by atoms with Gasteiger partial charge in [0.1, 0.15) is 5.69 Å². The second kappa shape index (κ2) is 6.43. The van der Waals surface area contributed by atoms with E-state index in [0.717, 1.165) is 44.0 Å². The zero-order valence-corrected chi connectivity index (χ0v) is 11.4. The molecule has 0 spiro atoms. The first-order chi connectivity index (χ1) is 9.91. The number of rotatable bonds is 3. The van der Waals surface area contributed by atoms with Crippen molar-refractivity contribution in [3.05, 3.63) is 29.6 Å². The minimum Gasteiger partial charge on any atom is -0.396 e. The molecule has 116 valence electrons. The minimum absolute atomic E-state index is 0.00376. The lowest BCUT2D eigenvalue weighted by atomic mass is 9.85. The Morgan fingerprint density at radius 3 is 2.62 bits per heavy atom. The third-order valence-electron chi connectivity index (χ3n) is 3.78. The van der Waals surface area contributed by atoms with E-state index in [9.17, 15) is 23.1 Å². The van der Waals surface area contributed by atoms with Crippen molar-refractivity contribution in [2.45, 2.75) is 37.9 Å².